The molecule has 2 aromatic carbocycles. The number of hydrogen-bond acceptors (Lipinski definition) is 7. The van der Waals surface area contributed by atoms with Gasteiger partial charge in [-0.2, -0.15) is 0 Å². The van der Waals surface area contributed by atoms with Crippen LogP contribution in [0, 0.1) is 5.92 Å². The number of carbonyl (C=O) groups excluding carboxylic acids is 3. The second-order valence-electron chi connectivity index (χ2n) is 8.76. The number of esters is 1. The molecule has 0 atom stereocenters. The smallest absolute Gasteiger partial charge is 0.326 e. The molecular weight excluding hydrogens is 535 g/mol. The normalized spacial score (nSPS) is 14.6. The van der Waals surface area contributed by atoms with Crippen LogP contribution in [0.1, 0.15) is 38.8 Å². The van der Waals surface area contributed by atoms with Crippen molar-refractivity contribution in [3.8, 4) is 5.75 Å². The van der Waals surface area contributed by atoms with Gasteiger partial charge in [-0.3, -0.25) is 19.3 Å². The molecule has 198 valence electrons. The highest BCUT2D eigenvalue weighted by Crippen LogP contribution is 2.36. The summed E-state index contributed by atoms with van der Waals surface area (Å²) in [7, 11) is 0. The van der Waals surface area contributed by atoms with Crippen LogP contribution in [0.4, 0.5) is 10.5 Å². The van der Waals surface area contributed by atoms with Gasteiger partial charge < -0.3 is 14.4 Å². The molecule has 1 heterocycles. The summed E-state index contributed by atoms with van der Waals surface area (Å²) in [5.74, 6) is -0.487. The third-order valence-corrected chi connectivity index (χ3v) is 7.04. The SMILES string of the molecule is CCN(CC)c1ccc(/C=C2/SC(=O)N(CC(=O)OCC(C)C)C2=O)c(OCc2ccc(Cl)cc2Cl)c1. The molecule has 3 rings (SSSR count). The summed E-state index contributed by atoms with van der Waals surface area (Å²) in [5, 5.41) is 0.495. The van der Waals surface area contributed by atoms with Crippen LogP contribution in [0.25, 0.3) is 6.08 Å². The molecule has 0 bridgehead atoms. The Morgan fingerprint density at radius 3 is 2.49 bits per heavy atom. The molecule has 1 aliphatic rings. The maximum absolute atomic E-state index is 13.0. The van der Waals surface area contributed by atoms with Crippen LogP contribution in [-0.2, 0) is 20.9 Å². The second kappa shape index (κ2) is 13.2. The number of imide groups is 1. The van der Waals surface area contributed by atoms with Crippen molar-refractivity contribution in [3.05, 3.63) is 62.5 Å². The molecule has 1 saturated heterocycles. The Balaban J connectivity index is 1.87. The van der Waals surface area contributed by atoms with E-state index in [2.05, 4.69) is 18.7 Å². The lowest BCUT2D eigenvalue weighted by Crippen LogP contribution is -2.34. The van der Waals surface area contributed by atoms with Gasteiger partial charge in [0.1, 0.15) is 18.9 Å². The van der Waals surface area contributed by atoms with E-state index >= 15 is 0 Å². The molecule has 0 aliphatic carbocycles. The first-order valence-corrected chi connectivity index (χ1v) is 13.6. The van der Waals surface area contributed by atoms with E-state index in [1.165, 1.54) is 0 Å². The van der Waals surface area contributed by atoms with E-state index in [1.807, 2.05) is 32.0 Å². The quantitative estimate of drug-likeness (QED) is 0.223. The zero-order valence-electron chi connectivity index (χ0n) is 21.3. The second-order valence-corrected chi connectivity index (χ2v) is 10.6. The van der Waals surface area contributed by atoms with Crippen LogP contribution in [-0.4, -0.2) is 48.3 Å². The fourth-order valence-electron chi connectivity index (χ4n) is 3.56. The Morgan fingerprint density at radius 1 is 1.11 bits per heavy atom. The molecule has 7 nitrogen and oxygen atoms in total. The highest BCUT2D eigenvalue weighted by Gasteiger charge is 2.37. The largest absolute Gasteiger partial charge is 0.488 e. The number of benzene rings is 2. The molecule has 0 N–H and O–H groups in total. The Labute approximate surface area is 231 Å². The van der Waals surface area contributed by atoms with Crippen molar-refractivity contribution in [1.82, 2.24) is 4.90 Å². The Morgan fingerprint density at radius 2 is 1.84 bits per heavy atom. The van der Waals surface area contributed by atoms with Crippen molar-refractivity contribution in [2.45, 2.75) is 34.3 Å². The molecule has 0 unspecified atom stereocenters. The van der Waals surface area contributed by atoms with E-state index in [-0.39, 0.29) is 24.0 Å². The van der Waals surface area contributed by atoms with Gasteiger partial charge in [0.25, 0.3) is 11.1 Å². The fraction of sp³-hybridized carbons (Fsp3) is 0.370. The standard InChI is InChI=1S/C27H30Cl2N2O5S/c1-5-30(6-2)21-10-8-18(23(13-21)35-16-19-7-9-20(28)12-22(19)29)11-24-26(33)31(27(34)37-24)14-25(32)36-15-17(3)4/h7-13,17H,5-6,14-16H2,1-4H3/b24-11+. The average Bonchev–Trinajstić information content (AvgIpc) is 3.11. The van der Waals surface area contributed by atoms with Crippen LogP contribution in [0.3, 0.4) is 0 Å². The first-order chi connectivity index (χ1) is 17.6. The molecule has 0 saturated carbocycles. The monoisotopic (exact) mass is 564 g/mol. The summed E-state index contributed by atoms with van der Waals surface area (Å²) in [6.45, 7) is 9.54. The van der Waals surface area contributed by atoms with Crippen LogP contribution >= 0.6 is 35.0 Å². The molecule has 2 amide bonds. The first-order valence-electron chi connectivity index (χ1n) is 12.0. The maximum Gasteiger partial charge on any atom is 0.326 e. The molecule has 37 heavy (non-hydrogen) atoms. The van der Waals surface area contributed by atoms with E-state index in [1.54, 1.807) is 24.3 Å². The van der Waals surface area contributed by atoms with Gasteiger partial charge in [-0.05, 0) is 61.9 Å². The number of hydrogen-bond donors (Lipinski definition) is 0. The third kappa shape index (κ3) is 7.66. The minimum atomic E-state index is -0.621. The zero-order chi connectivity index (χ0) is 27.1. The van der Waals surface area contributed by atoms with Crippen molar-refractivity contribution >= 4 is 63.8 Å². The summed E-state index contributed by atoms with van der Waals surface area (Å²) in [6, 6.07) is 10.9. The Hall–Kier alpha value is -2.68. The summed E-state index contributed by atoms with van der Waals surface area (Å²) in [5.41, 5.74) is 2.33. The topological polar surface area (TPSA) is 76.2 Å². The van der Waals surface area contributed by atoms with Crippen LogP contribution in [0.15, 0.2) is 41.3 Å². The number of ether oxygens (including phenoxy) is 2. The van der Waals surface area contributed by atoms with Crippen molar-refractivity contribution in [2.75, 3.05) is 31.1 Å². The highest BCUT2D eigenvalue weighted by atomic mass is 35.5. The van der Waals surface area contributed by atoms with Crippen molar-refractivity contribution in [1.29, 1.82) is 0 Å². The van der Waals surface area contributed by atoms with Crippen LogP contribution < -0.4 is 9.64 Å². The molecule has 1 fully saturated rings. The maximum atomic E-state index is 13.0. The minimum Gasteiger partial charge on any atom is -0.488 e. The van der Waals surface area contributed by atoms with Gasteiger partial charge in [0.05, 0.1) is 11.5 Å². The molecule has 0 spiro atoms. The summed E-state index contributed by atoms with van der Waals surface area (Å²) in [4.78, 5) is 40.8. The van der Waals surface area contributed by atoms with Crippen molar-refractivity contribution in [2.24, 2.45) is 5.92 Å². The number of carbonyl (C=O) groups is 3. The number of amides is 2. The van der Waals surface area contributed by atoms with E-state index in [9.17, 15) is 14.4 Å². The number of nitrogens with zero attached hydrogens (tertiary/aromatic N) is 2. The van der Waals surface area contributed by atoms with E-state index in [0.717, 1.165) is 41.0 Å². The Kier molecular flexibility index (Phi) is 10.3. The van der Waals surface area contributed by atoms with Crippen molar-refractivity contribution in [3.63, 3.8) is 0 Å². The van der Waals surface area contributed by atoms with E-state index in [0.29, 0.717) is 21.4 Å². The minimum absolute atomic E-state index is 0.152. The number of anilines is 1. The van der Waals surface area contributed by atoms with Gasteiger partial charge in [-0.25, -0.2) is 0 Å². The van der Waals surface area contributed by atoms with E-state index in [4.69, 9.17) is 32.7 Å². The lowest BCUT2D eigenvalue weighted by Gasteiger charge is -2.22. The average molecular weight is 566 g/mol. The van der Waals surface area contributed by atoms with Gasteiger partial charge >= 0.3 is 5.97 Å². The van der Waals surface area contributed by atoms with E-state index < -0.39 is 23.7 Å². The summed E-state index contributed by atoms with van der Waals surface area (Å²) >= 11 is 13.1. The van der Waals surface area contributed by atoms with Gasteiger partial charge in [-0.1, -0.05) is 43.1 Å². The number of rotatable bonds is 11. The van der Waals surface area contributed by atoms with Crippen LogP contribution in [0.2, 0.25) is 10.0 Å². The number of halogens is 2. The lowest BCUT2D eigenvalue weighted by molar-refractivity contribution is -0.147. The zero-order valence-corrected chi connectivity index (χ0v) is 23.6. The summed E-state index contributed by atoms with van der Waals surface area (Å²) in [6.07, 6.45) is 1.61. The van der Waals surface area contributed by atoms with Gasteiger partial charge in [-0.15, -0.1) is 0 Å². The van der Waals surface area contributed by atoms with Crippen molar-refractivity contribution < 1.29 is 23.9 Å². The molecule has 10 heteroatoms. The number of thioether (sulfide) groups is 1. The van der Waals surface area contributed by atoms with Gasteiger partial charge in [0.2, 0.25) is 0 Å². The third-order valence-electron chi connectivity index (χ3n) is 5.55. The van der Waals surface area contributed by atoms with Crippen LogP contribution in [0.5, 0.6) is 5.75 Å². The lowest BCUT2D eigenvalue weighted by atomic mass is 10.1. The predicted octanol–water partition coefficient (Wildman–Crippen LogP) is 6.65. The molecular formula is C27H30Cl2N2O5S. The highest BCUT2D eigenvalue weighted by molar-refractivity contribution is 8.18. The fourth-order valence-corrected chi connectivity index (χ4v) is 4.85. The van der Waals surface area contributed by atoms with Gasteiger partial charge in [0, 0.05) is 46.0 Å². The predicted molar refractivity (Wildman–Crippen MR) is 149 cm³/mol. The molecule has 0 aromatic heterocycles. The first kappa shape index (κ1) is 28.9. The molecule has 2 aromatic rings. The Bertz CT molecular complexity index is 1200. The van der Waals surface area contributed by atoms with Gasteiger partial charge in [0.15, 0.2) is 0 Å². The summed E-state index contributed by atoms with van der Waals surface area (Å²) < 4.78 is 11.3. The molecule has 0 radical (unpaired) electrons. The molecule has 1 aliphatic heterocycles.